The molecule has 0 aromatic heterocycles. The molecule has 1 aromatic rings. The molecule has 2 rings (SSSR count). The fourth-order valence-electron chi connectivity index (χ4n) is 1.74. The summed E-state index contributed by atoms with van der Waals surface area (Å²) in [5, 5.41) is 0. The first-order chi connectivity index (χ1) is 6.94. The van der Waals surface area contributed by atoms with Crippen LogP contribution in [0.5, 0.6) is 0 Å². The first-order valence-corrected chi connectivity index (χ1v) is 6.49. The minimum Gasteiger partial charge on any atom is -0.207 e. The van der Waals surface area contributed by atoms with Gasteiger partial charge in [-0.3, -0.25) is 0 Å². The van der Waals surface area contributed by atoms with Gasteiger partial charge in [0.05, 0.1) is 4.90 Å². The van der Waals surface area contributed by atoms with E-state index in [1.54, 1.807) is 12.1 Å². The molecule has 4 heteroatoms. The van der Waals surface area contributed by atoms with Gasteiger partial charge in [0.25, 0.3) is 0 Å². The number of aryl methyl sites for hydroxylation is 1. The fourth-order valence-corrected chi connectivity index (χ4v) is 3.64. The van der Waals surface area contributed by atoms with Gasteiger partial charge in [-0.05, 0) is 32.9 Å². The molecular weight excluding hydrogens is 210 g/mol. The van der Waals surface area contributed by atoms with Crippen molar-refractivity contribution in [2.24, 2.45) is 0 Å². The average molecular weight is 225 g/mol. The van der Waals surface area contributed by atoms with Crippen LogP contribution in [-0.2, 0) is 10.0 Å². The van der Waals surface area contributed by atoms with E-state index in [9.17, 15) is 8.42 Å². The van der Waals surface area contributed by atoms with Crippen molar-refractivity contribution in [3.8, 4) is 0 Å². The predicted molar refractivity (Wildman–Crippen MR) is 59.1 cm³/mol. The molecule has 3 nitrogen and oxygen atoms in total. The molecule has 0 bridgehead atoms. The number of rotatable bonds is 2. The Morgan fingerprint density at radius 3 is 1.93 bits per heavy atom. The molecular formula is C11H15NO2S. The van der Waals surface area contributed by atoms with Crippen molar-refractivity contribution in [1.29, 1.82) is 0 Å². The number of sulfonamides is 1. The third-order valence-electron chi connectivity index (χ3n) is 3.01. The van der Waals surface area contributed by atoms with E-state index in [-0.39, 0.29) is 12.1 Å². The minimum absolute atomic E-state index is 0.135. The van der Waals surface area contributed by atoms with E-state index < -0.39 is 10.0 Å². The van der Waals surface area contributed by atoms with Gasteiger partial charge in [-0.2, -0.15) is 4.31 Å². The van der Waals surface area contributed by atoms with Gasteiger partial charge in [-0.1, -0.05) is 17.7 Å². The maximum Gasteiger partial charge on any atom is 0.243 e. The predicted octanol–water partition coefficient (Wildman–Crippen LogP) is 1.78. The summed E-state index contributed by atoms with van der Waals surface area (Å²) in [4.78, 5) is 0.393. The molecule has 0 amide bonds. The van der Waals surface area contributed by atoms with Gasteiger partial charge >= 0.3 is 0 Å². The zero-order valence-electron chi connectivity index (χ0n) is 9.14. The second-order valence-corrected chi connectivity index (χ2v) is 5.97. The van der Waals surface area contributed by atoms with Crippen LogP contribution in [0.25, 0.3) is 0 Å². The van der Waals surface area contributed by atoms with Crippen LogP contribution in [0.1, 0.15) is 19.4 Å². The lowest BCUT2D eigenvalue weighted by Gasteiger charge is -2.05. The third kappa shape index (κ3) is 1.68. The smallest absolute Gasteiger partial charge is 0.207 e. The second kappa shape index (κ2) is 3.32. The number of hydrogen-bond donors (Lipinski definition) is 0. The van der Waals surface area contributed by atoms with Crippen LogP contribution in [0.3, 0.4) is 0 Å². The molecule has 0 N–H and O–H groups in total. The Bertz CT molecular complexity index is 456. The Morgan fingerprint density at radius 2 is 1.53 bits per heavy atom. The van der Waals surface area contributed by atoms with Crippen LogP contribution in [0.15, 0.2) is 29.2 Å². The summed E-state index contributed by atoms with van der Waals surface area (Å²) in [6.07, 6.45) is 0. The second-order valence-electron chi connectivity index (χ2n) is 4.13. The Morgan fingerprint density at radius 1 is 1.07 bits per heavy atom. The average Bonchev–Trinajstić information content (AvgIpc) is 2.76. The van der Waals surface area contributed by atoms with Crippen LogP contribution >= 0.6 is 0 Å². The van der Waals surface area contributed by atoms with Crippen molar-refractivity contribution in [2.45, 2.75) is 37.8 Å². The van der Waals surface area contributed by atoms with Crippen LogP contribution in [0.4, 0.5) is 0 Å². The lowest BCUT2D eigenvalue weighted by molar-refractivity contribution is 0.549. The van der Waals surface area contributed by atoms with Crippen molar-refractivity contribution in [2.75, 3.05) is 0 Å². The van der Waals surface area contributed by atoms with Crippen molar-refractivity contribution >= 4 is 10.0 Å². The SMILES string of the molecule is Cc1ccc(S(=O)(=O)N2[C@H](C)[C@H]2C)cc1. The van der Waals surface area contributed by atoms with Crippen LogP contribution in [-0.4, -0.2) is 24.8 Å². The lowest BCUT2D eigenvalue weighted by atomic mass is 10.2. The highest BCUT2D eigenvalue weighted by molar-refractivity contribution is 7.89. The molecule has 1 aliphatic rings. The highest BCUT2D eigenvalue weighted by atomic mass is 32.2. The molecule has 15 heavy (non-hydrogen) atoms. The highest BCUT2D eigenvalue weighted by Gasteiger charge is 2.49. The van der Waals surface area contributed by atoms with E-state index in [0.717, 1.165) is 5.56 Å². The molecule has 0 spiro atoms. The van der Waals surface area contributed by atoms with Gasteiger partial charge in [-0.15, -0.1) is 0 Å². The monoisotopic (exact) mass is 225 g/mol. The summed E-state index contributed by atoms with van der Waals surface area (Å²) in [5.41, 5.74) is 1.07. The third-order valence-corrected chi connectivity index (χ3v) is 5.10. The van der Waals surface area contributed by atoms with Crippen LogP contribution < -0.4 is 0 Å². The Labute approximate surface area is 90.8 Å². The van der Waals surface area contributed by atoms with Gasteiger partial charge in [-0.25, -0.2) is 8.42 Å². The fraction of sp³-hybridized carbons (Fsp3) is 0.455. The summed E-state index contributed by atoms with van der Waals surface area (Å²) in [5.74, 6) is 0. The molecule has 2 atom stereocenters. The van der Waals surface area contributed by atoms with E-state index in [2.05, 4.69) is 0 Å². The number of benzene rings is 1. The molecule has 0 unspecified atom stereocenters. The summed E-state index contributed by atoms with van der Waals surface area (Å²) >= 11 is 0. The van der Waals surface area contributed by atoms with Gasteiger partial charge in [0.15, 0.2) is 0 Å². The summed E-state index contributed by atoms with van der Waals surface area (Å²) in [7, 11) is -3.25. The molecule has 0 saturated carbocycles. The first-order valence-electron chi connectivity index (χ1n) is 5.05. The number of nitrogens with zero attached hydrogens (tertiary/aromatic N) is 1. The molecule has 0 radical (unpaired) electrons. The lowest BCUT2D eigenvalue weighted by Crippen LogP contribution is -2.14. The molecule has 1 heterocycles. The van der Waals surface area contributed by atoms with Crippen molar-refractivity contribution < 1.29 is 8.42 Å². The molecule has 1 fully saturated rings. The quantitative estimate of drug-likeness (QED) is 0.719. The number of hydrogen-bond acceptors (Lipinski definition) is 2. The molecule has 1 aliphatic heterocycles. The molecule has 82 valence electrons. The van der Waals surface area contributed by atoms with Gasteiger partial charge in [0, 0.05) is 12.1 Å². The maximum atomic E-state index is 12.1. The topological polar surface area (TPSA) is 37.1 Å². The Hall–Kier alpha value is -0.870. The van der Waals surface area contributed by atoms with Crippen molar-refractivity contribution in [3.05, 3.63) is 29.8 Å². The van der Waals surface area contributed by atoms with Crippen molar-refractivity contribution in [3.63, 3.8) is 0 Å². The largest absolute Gasteiger partial charge is 0.243 e. The zero-order chi connectivity index (χ0) is 11.2. The summed E-state index contributed by atoms with van der Waals surface area (Å²) < 4.78 is 25.6. The normalized spacial score (nSPS) is 30.2. The maximum absolute atomic E-state index is 12.1. The standard InChI is InChI=1S/C11H15NO2S/c1-8-4-6-11(7-5-8)15(13,14)12-9(2)10(12)3/h4-7,9-10H,1-3H3/t9-,10-/m1/s1. The van der Waals surface area contributed by atoms with E-state index in [1.807, 2.05) is 32.9 Å². The summed E-state index contributed by atoms with van der Waals surface area (Å²) in [6.45, 7) is 5.80. The van der Waals surface area contributed by atoms with E-state index >= 15 is 0 Å². The summed E-state index contributed by atoms with van der Waals surface area (Å²) in [6, 6.07) is 7.26. The molecule has 0 aliphatic carbocycles. The first kappa shape index (κ1) is 10.6. The van der Waals surface area contributed by atoms with E-state index in [0.29, 0.717) is 4.90 Å². The van der Waals surface area contributed by atoms with Crippen molar-refractivity contribution in [1.82, 2.24) is 4.31 Å². The minimum atomic E-state index is -3.25. The Balaban J connectivity index is 2.35. The highest BCUT2D eigenvalue weighted by Crippen LogP contribution is 2.34. The van der Waals surface area contributed by atoms with Crippen LogP contribution in [0, 0.1) is 6.92 Å². The van der Waals surface area contributed by atoms with Crippen LogP contribution in [0.2, 0.25) is 0 Å². The van der Waals surface area contributed by atoms with E-state index in [4.69, 9.17) is 0 Å². The van der Waals surface area contributed by atoms with Gasteiger partial charge in [0.2, 0.25) is 10.0 Å². The molecule has 1 aromatic carbocycles. The zero-order valence-corrected chi connectivity index (χ0v) is 9.95. The Kier molecular flexibility index (Phi) is 2.35. The van der Waals surface area contributed by atoms with Gasteiger partial charge < -0.3 is 0 Å². The van der Waals surface area contributed by atoms with Gasteiger partial charge in [0.1, 0.15) is 0 Å². The molecule has 1 saturated heterocycles. The van der Waals surface area contributed by atoms with E-state index in [1.165, 1.54) is 4.31 Å².